The van der Waals surface area contributed by atoms with Gasteiger partial charge in [-0.25, -0.2) is 9.97 Å². The van der Waals surface area contributed by atoms with Gasteiger partial charge in [-0.15, -0.1) is 0 Å². The van der Waals surface area contributed by atoms with Gasteiger partial charge in [-0.05, 0) is 49.4 Å². The second-order valence-corrected chi connectivity index (χ2v) is 8.49. The number of methoxy groups -OCH3 is 1. The van der Waals surface area contributed by atoms with Crippen LogP contribution in [-0.2, 0) is 17.4 Å². The van der Waals surface area contributed by atoms with E-state index in [2.05, 4.69) is 21.0 Å². The molecule has 0 saturated carbocycles. The Morgan fingerprint density at radius 1 is 1.22 bits per heavy atom. The molecule has 186 valence electrons. The summed E-state index contributed by atoms with van der Waals surface area (Å²) in [4.78, 5) is 26.2. The van der Waals surface area contributed by atoms with E-state index in [0.717, 1.165) is 5.56 Å². The number of nitrogens with zero attached hydrogens (tertiary/aromatic N) is 5. The molecule has 1 saturated heterocycles. The van der Waals surface area contributed by atoms with Crippen LogP contribution in [0, 0.1) is 11.3 Å². The van der Waals surface area contributed by atoms with Gasteiger partial charge in [0.15, 0.2) is 5.78 Å². The molecule has 1 atom stereocenters. The zero-order valence-electron chi connectivity index (χ0n) is 19.6. The van der Waals surface area contributed by atoms with Crippen LogP contribution >= 0.6 is 0 Å². The van der Waals surface area contributed by atoms with Crippen molar-refractivity contribution in [2.24, 2.45) is 0 Å². The van der Waals surface area contributed by atoms with E-state index in [1.807, 2.05) is 12.1 Å². The lowest BCUT2D eigenvalue weighted by molar-refractivity contribution is -0.144. The molecule has 1 aliphatic rings. The Balaban J connectivity index is 1.55. The Kier molecular flexibility index (Phi) is 7.48. The average Bonchev–Trinajstić information content (AvgIpc) is 3.38. The Hall–Kier alpha value is -4.00. The first-order chi connectivity index (χ1) is 17.3. The van der Waals surface area contributed by atoms with E-state index in [4.69, 9.17) is 10.00 Å². The number of pyridine rings is 1. The fourth-order valence-electron chi connectivity index (χ4n) is 4.36. The number of hydrogen-bond acceptors (Lipinski definition) is 7. The molecule has 2 aromatic heterocycles. The first kappa shape index (κ1) is 25.1. The highest BCUT2D eigenvalue weighted by atomic mass is 19.4. The highest BCUT2D eigenvalue weighted by Crippen LogP contribution is 2.35. The maximum atomic E-state index is 13.7. The summed E-state index contributed by atoms with van der Waals surface area (Å²) in [6.45, 7) is 0.424. The molecule has 36 heavy (non-hydrogen) atoms. The molecule has 0 unspecified atom stereocenters. The summed E-state index contributed by atoms with van der Waals surface area (Å²) in [5.74, 6) is -0.953. The van der Waals surface area contributed by atoms with Gasteiger partial charge in [0, 0.05) is 30.8 Å². The zero-order chi connectivity index (χ0) is 25.7. The summed E-state index contributed by atoms with van der Waals surface area (Å²) in [5.41, 5.74) is 1.99. The van der Waals surface area contributed by atoms with Crippen LogP contribution in [0.25, 0.3) is 11.3 Å². The lowest BCUT2D eigenvalue weighted by Crippen LogP contribution is -2.37. The van der Waals surface area contributed by atoms with Crippen LogP contribution in [0.4, 0.5) is 19.0 Å². The Morgan fingerprint density at radius 3 is 2.69 bits per heavy atom. The quantitative estimate of drug-likeness (QED) is 0.434. The Labute approximate surface area is 206 Å². The monoisotopic (exact) mass is 495 g/mol. The van der Waals surface area contributed by atoms with Crippen LogP contribution in [-0.4, -0.2) is 40.4 Å². The predicted molar refractivity (Wildman–Crippen MR) is 126 cm³/mol. The van der Waals surface area contributed by atoms with Crippen molar-refractivity contribution in [2.45, 2.75) is 44.3 Å². The summed E-state index contributed by atoms with van der Waals surface area (Å²) in [5, 5.41) is 8.91. The maximum absolute atomic E-state index is 13.7. The predicted octanol–water partition coefficient (Wildman–Crippen LogP) is 5.00. The minimum Gasteiger partial charge on any atom is -0.494 e. The molecule has 3 heterocycles. The van der Waals surface area contributed by atoms with Gasteiger partial charge in [-0.3, -0.25) is 9.78 Å². The zero-order valence-corrected chi connectivity index (χ0v) is 19.6. The van der Waals surface area contributed by atoms with Gasteiger partial charge in [-0.1, -0.05) is 12.1 Å². The summed E-state index contributed by atoms with van der Waals surface area (Å²) < 4.78 is 46.3. The molecule has 0 spiro atoms. The largest absolute Gasteiger partial charge is 0.494 e. The fourth-order valence-corrected chi connectivity index (χ4v) is 4.36. The van der Waals surface area contributed by atoms with Gasteiger partial charge in [0.2, 0.25) is 5.82 Å². The molecule has 4 rings (SSSR count). The van der Waals surface area contributed by atoms with Gasteiger partial charge >= 0.3 is 6.18 Å². The van der Waals surface area contributed by atoms with E-state index in [0.29, 0.717) is 49.8 Å². The molecule has 1 aromatic carbocycles. The molecular formula is C26H24F3N5O2. The number of nitriles is 1. The highest BCUT2D eigenvalue weighted by molar-refractivity contribution is 5.87. The molecule has 0 aliphatic carbocycles. The van der Waals surface area contributed by atoms with Crippen molar-refractivity contribution >= 4 is 11.6 Å². The molecule has 10 heteroatoms. The van der Waals surface area contributed by atoms with Crippen LogP contribution < -0.4 is 9.64 Å². The second-order valence-electron chi connectivity index (χ2n) is 8.49. The summed E-state index contributed by atoms with van der Waals surface area (Å²) >= 11 is 0. The maximum Gasteiger partial charge on any atom is 0.451 e. The van der Waals surface area contributed by atoms with Crippen molar-refractivity contribution in [3.63, 3.8) is 0 Å². The smallest absolute Gasteiger partial charge is 0.451 e. The number of aryl methyl sites for hydroxylation is 1. The fraction of sp³-hybridized carbons (Fsp3) is 0.346. The number of Topliss-reactive ketones (excluding diaryl/α,β-unsaturated/α-hetero) is 1. The van der Waals surface area contributed by atoms with E-state index >= 15 is 0 Å². The molecule has 7 nitrogen and oxygen atoms in total. The molecule has 0 bridgehead atoms. The summed E-state index contributed by atoms with van der Waals surface area (Å²) in [6.07, 6.45) is 0.881. The van der Waals surface area contributed by atoms with Crippen molar-refractivity contribution in [1.29, 1.82) is 5.26 Å². The molecule has 1 fully saturated rings. The van der Waals surface area contributed by atoms with Gasteiger partial charge in [0.1, 0.15) is 11.6 Å². The van der Waals surface area contributed by atoms with Gasteiger partial charge in [0.25, 0.3) is 0 Å². The number of hydrogen-bond donors (Lipinski definition) is 0. The van der Waals surface area contributed by atoms with Crippen LogP contribution in [0.5, 0.6) is 5.75 Å². The van der Waals surface area contributed by atoms with Crippen molar-refractivity contribution < 1.29 is 22.7 Å². The summed E-state index contributed by atoms with van der Waals surface area (Å²) in [7, 11) is 1.40. The van der Waals surface area contributed by atoms with E-state index in [1.54, 1.807) is 17.0 Å². The molecule has 1 aliphatic heterocycles. The lowest BCUT2D eigenvalue weighted by atomic mass is 10.0. The first-order valence-corrected chi connectivity index (χ1v) is 11.5. The first-order valence-electron chi connectivity index (χ1n) is 11.5. The number of carbonyl (C=O) groups excluding carboxylic acids is 1. The topological polar surface area (TPSA) is 92.0 Å². The van der Waals surface area contributed by atoms with Crippen LogP contribution in [0.2, 0.25) is 0 Å². The third-order valence-electron chi connectivity index (χ3n) is 6.14. The molecule has 0 radical (unpaired) electrons. The second kappa shape index (κ2) is 10.7. The number of ketones is 1. The average molecular weight is 496 g/mol. The molecule has 0 N–H and O–H groups in total. The third-order valence-corrected chi connectivity index (χ3v) is 6.14. The van der Waals surface area contributed by atoms with Crippen LogP contribution in [0.1, 0.15) is 42.6 Å². The number of aromatic nitrogens is 3. The molecule has 3 aromatic rings. The van der Waals surface area contributed by atoms with Crippen molar-refractivity contribution in [3.8, 4) is 23.1 Å². The minimum absolute atomic E-state index is 0.0312. The van der Waals surface area contributed by atoms with Gasteiger partial charge in [-0.2, -0.15) is 18.4 Å². The van der Waals surface area contributed by atoms with Crippen LogP contribution in [0.15, 0.2) is 48.8 Å². The van der Waals surface area contributed by atoms with Crippen molar-refractivity contribution in [1.82, 2.24) is 15.0 Å². The number of carbonyl (C=O) groups is 1. The number of benzene rings is 1. The standard InChI is InChI=1S/C26H24F3N5O2/c1-36-23-16-31-12-11-19(23)20-14-24(33-25(32-20)26(27,28)29)34-13-3-5-21(34)22(35)6-2-4-17-7-9-18(15-30)10-8-17/h7-12,14,16,21H,2-6,13H2,1H3/t21-/m0/s1. The number of anilines is 1. The van der Waals surface area contributed by atoms with Gasteiger partial charge < -0.3 is 9.64 Å². The molecular weight excluding hydrogens is 471 g/mol. The number of alkyl halides is 3. The van der Waals surface area contributed by atoms with E-state index in [1.165, 1.54) is 31.6 Å². The van der Waals surface area contributed by atoms with E-state index < -0.39 is 18.0 Å². The number of ether oxygens (including phenoxy) is 1. The minimum atomic E-state index is -4.76. The molecule has 0 amide bonds. The van der Waals surface area contributed by atoms with E-state index in [9.17, 15) is 18.0 Å². The number of halogens is 3. The normalized spacial score (nSPS) is 15.5. The SMILES string of the molecule is COc1cnccc1-c1cc(N2CCC[C@H]2C(=O)CCCc2ccc(C#N)cc2)nc(C(F)(F)F)n1. The van der Waals surface area contributed by atoms with Crippen LogP contribution in [0.3, 0.4) is 0 Å². The van der Waals surface area contributed by atoms with Gasteiger partial charge in [0.05, 0.1) is 36.7 Å². The summed E-state index contributed by atoms with van der Waals surface area (Å²) in [6, 6.07) is 11.7. The Morgan fingerprint density at radius 2 is 2.00 bits per heavy atom. The lowest BCUT2D eigenvalue weighted by Gasteiger charge is -2.26. The highest BCUT2D eigenvalue weighted by Gasteiger charge is 2.38. The van der Waals surface area contributed by atoms with Crippen molar-refractivity contribution in [2.75, 3.05) is 18.6 Å². The van der Waals surface area contributed by atoms with Crippen molar-refractivity contribution in [3.05, 3.63) is 65.7 Å². The number of rotatable bonds is 8. The van der Waals surface area contributed by atoms with E-state index in [-0.39, 0.29) is 23.0 Å². The Bertz CT molecular complexity index is 1270. The third kappa shape index (κ3) is 5.62.